The summed E-state index contributed by atoms with van der Waals surface area (Å²) in [5.41, 5.74) is 0.769. The maximum Gasteiger partial charge on any atom is 0.0940 e. The molecule has 1 aromatic rings. The summed E-state index contributed by atoms with van der Waals surface area (Å²) in [5, 5.41) is 11.8. The maximum atomic E-state index is 10.6. The number of aliphatic hydroxyl groups is 1. The first-order valence-corrected chi connectivity index (χ1v) is 8.17. The Kier molecular flexibility index (Phi) is 4.77. The molecule has 1 N–H and O–H groups in total. The summed E-state index contributed by atoms with van der Waals surface area (Å²) in [6.07, 6.45) is 2.81. The molecule has 5 heteroatoms. The molecule has 116 valence electrons. The highest BCUT2D eigenvalue weighted by atomic mass is 35.5. The van der Waals surface area contributed by atoms with Crippen LogP contribution < -0.4 is 0 Å². The summed E-state index contributed by atoms with van der Waals surface area (Å²) in [5.74, 6) is 0.229. The number of ether oxygens (including phenoxy) is 2. The molecule has 0 aromatic heterocycles. The van der Waals surface area contributed by atoms with Crippen LogP contribution >= 0.6 is 23.2 Å². The summed E-state index contributed by atoms with van der Waals surface area (Å²) >= 11 is 12.1. The molecule has 2 saturated heterocycles. The average Bonchev–Trinajstić information content (AvgIpc) is 2.90. The number of benzene rings is 1. The van der Waals surface area contributed by atoms with E-state index >= 15 is 0 Å². The first-order valence-electron chi connectivity index (χ1n) is 7.42. The standard InChI is InChI=1S/C16H20Cl2O3/c17-13-2-1-11(14(18)8-13)7-15(19)12-3-5-21-16(9-12)4-6-20-10-16/h1-2,8,12,15,19H,3-7,9-10H2. The van der Waals surface area contributed by atoms with Gasteiger partial charge in [-0.05, 0) is 36.5 Å². The van der Waals surface area contributed by atoms with Gasteiger partial charge in [-0.25, -0.2) is 0 Å². The van der Waals surface area contributed by atoms with Crippen molar-refractivity contribution in [1.29, 1.82) is 0 Å². The molecular weight excluding hydrogens is 311 g/mol. The van der Waals surface area contributed by atoms with Gasteiger partial charge in [0.25, 0.3) is 0 Å². The van der Waals surface area contributed by atoms with Crippen LogP contribution in [0.3, 0.4) is 0 Å². The molecule has 3 nitrogen and oxygen atoms in total. The van der Waals surface area contributed by atoms with E-state index in [9.17, 15) is 5.11 Å². The highest BCUT2D eigenvalue weighted by molar-refractivity contribution is 6.35. The zero-order valence-corrected chi connectivity index (χ0v) is 13.4. The van der Waals surface area contributed by atoms with Crippen LogP contribution in [-0.2, 0) is 15.9 Å². The van der Waals surface area contributed by atoms with Crippen LogP contribution in [-0.4, -0.2) is 36.6 Å². The third-order valence-corrected chi connectivity index (χ3v) is 5.17. The van der Waals surface area contributed by atoms with Gasteiger partial charge in [0.1, 0.15) is 0 Å². The van der Waals surface area contributed by atoms with Crippen molar-refractivity contribution in [3.8, 4) is 0 Å². The van der Waals surface area contributed by atoms with Gasteiger partial charge in [0, 0.05) is 36.1 Å². The molecule has 2 fully saturated rings. The lowest BCUT2D eigenvalue weighted by Crippen LogP contribution is -2.44. The molecule has 0 saturated carbocycles. The molecule has 0 radical (unpaired) electrons. The highest BCUT2D eigenvalue weighted by Gasteiger charge is 2.42. The summed E-state index contributed by atoms with van der Waals surface area (Å²) in [4.78, 5) is 0. The number of aliphatic hydroxyl groups excluding tert-OH is 1. The average molecular weight is 331 g/mol. The number of hydrogen-bond donors (Lipinski definition) is 1. The van der Waals surface area contributed by atoms with Gasteiger partial charge in [0.2, 0.25) is 0 Å². The Morgan fingerprint density at radius 3 is 2.90 bits per heavy atom. The number of rotatable bonds is 3. The van der Waals surface area contributed by atoms with Crippen LogP contribution in [0.1, 0.15) is 24.8 Å². The zero-order chi connectivity index (χ0) is 14.9. The topological polar surface area (TPSA) is 38.7 Å². The first-order chi connectivity index (χ1) is 10.1. The van der Waals surface area contributed by atoms with Crippen molar-refractivity contribution in [3.05, 3.63) is 33.8 Å². The van der Waals surface area contributed by atoms with Gasteiger partial charge < -0.3 is 14.6 Å². The molecule has 0 amide bonds. The Morgan fingerprint density at radius 2 is 2.19 bits per heavy atom. The van der Waals surface area contributed by atoms with E-state index < -0.39 is 6.10 Å². The summed E-state index contributed by atoms with van der Waals surface area (Å²) in [6, 6.07) is 5.43. The van der Waals surface area contributed by atoms with E-state index in [1.165, 1.54) is 0 Å². The predicted octanol–water partition coefficient (Wildman–Crippen LogP) is 3.48. The van der Waals surface area contributed by atoms with Crippen molar-refractivity contribution in [3.63, 3.8) is 0 Å². The van der Waals surface area contributed by atoms with Crippen molar-refractivity contribution in [2.24, 2.45) is 5.92 Å². The van der Waals surface area contributed by atoms with Crippen LogP contribution in [0.4, 0.5) is 0 Å². The van der Waals surface area contributed by atoms with E-state index in [2.05, 4.69) is 0 Å². The molecule has 3 unspecified atom stereocenters. The van der Waals surface area contributed by atoms with E-state index in [0.717, 1.165) is 31.4 Å². The maximum absolute atomic E-state index is 10.6. The van der Waals surface area contributed by atoms with Crippen molar-refractivity contribution < 1.29 is 14.6 Å². The fourth-order valence-electron chi connectivity index (χ4n) is 3.34. The Morgan fingerprint density at radius 1 is 1.33 bits per heavy atom. The van der Waals surface area contributed by atoms with E-state index in [1.807, 2.05) is 12.1 Å². The lowest BCUT2D eigenvalue weighted by Gasteiger charge is -2.39. The lowest BCUT2D eigenvalue weighted by molar-refractivity contribution is -0.116. The minimum Gasteiger partial charge on any atom is -0.392 e. The van der Waals surface area contributed by atoms with Crippen LogP contribution in [0.2, 0.25) is 10.0 Å². The quantitative estimate of drug-likeness (QED) is 0.922. The lowest BCUT2D eigenvalue weighted by atomic mass is 9.80. The molecule has 1 aromatic carbocycles. The van der Waals surface area contributed by atoms with Crippen molar-refractivity contribution in [2.45, 2.75) is 37.4 Å². The second kappa shape index (κ2) is 6.43. The zero-order valence-electron chi connectivity index (χ0n) is 11.9. The minimum absolute atomic E-state index is 0.173. The van der Waals surface area contributed by atoms with Crippen LogP contribution in [0.15, 0.2) is 18.2 Å². The predicted molar refractivity (Wildman–Crippen MR) is 83.0 cm³/mol. The first kappa shape index (κ1) is 15.6. The van der Waals surface area contributed by atoms with Gasteiger partial charge in [-0.3, -0.25) is 0 Å². The SMILES string of the molecule is OC(Cc1ccc(Cl)cc1Cl)C1CCOC2(CCOC2)C1. The molecule has 1 spiro atoms. The van der Waals surface area contributed by atoms with Gasteiger partial charge in [-0.1, -0.05) is 29.3 Å². The minimum atomic E-state index is -0.412. The monoisotopic (exact) mass is 330 g/mol. The van der Waals surface area contributed by atoms with E-state index in [-0.39, 0.29) is 11.5 Å². The van der Waals surface area contributed by atoms with Crippen LogP contribution in [0, 0.1) is 5.92 Å². The Balaban J connectivity index is 1.65. The van der Waals surface area contributed by atoms with Gasteiger partial charge in [-0.15, -0.1) is 0 Å². The van der Waals surface area contributed by atoms with E-state index in [4.69, 9.17) is 32.7 Å². The second-order valence-corrected chi connectivity index (χ2v) is 6.94. The normalized spacial score (nSPS) is 30.7. The van der Waals surface area contributed by atoms with Crippen molar-refractivity contribution in [1.82, 2.24) is 0 Å². The van der Waals surface area contributed by atoms with Gasteiger partial charge in [-0.2, -0.15) is 0 Å². The van der Waals surface area contributed by atoms with Gasteiger partial charge in [0.05, 0.1) is 18.3 Å². The number of hydrogen-bond acceptors (Lipinski definition) is 3. The van der Waals surface area contributed by atoms with Crippen LogP contribution in [0.5, 0.6) is 0 Å². The molecule has 0 bridgehead atoms. The molecule has 2 aliphatic heterocycles. The molecule has 2 heterocycles. The molecular formula is C16H20Cl2O3. The molecule has 3 atom stereocenters. The van der Waals surface area contributed by atoms with E-state index in [1.54, 1.807) is 6.07 Å². The molecule has 21 heavy (non-hydrogen) atoms. The largest absolute Gasteiger partial charge is 0.392 e. The summed E-state index contributed by atoms with van der Waals surface area (Å²) in [6.45, 7) is 2.10. The van der Waals surface area contributed by atoms with Crippen molar-refractivity contribution in [2.75, 3.05) is 19.8 Å². The highest BCUT2D eigenvalue weighted by Crippen LogP contribution is 2.38. The Hall–Kier alpha value is -0.320. The van der Waals surface area contributed by atoms with Crippen molar-refractivity contribution >= 4 is 23.2 Å². The van der Waals surface area contributed by atoms with Crippen LogP contribution in [0.25, 0.3) is 0 Å². The second-order valence-electron chi connectivity index (χ2n) is 6.09. The third-order valence-electron chi connectivity index (χ3n) is 4.59. The van der Waals surface area contributed by atoms with Gasteiger partial charge >= 0.3 is 0 Å². The van der Waals surface area contributed by atoms with Gasteiger partial charge in [0.15, 0.2) is 0 Å². The Bertz CT molecular complexity index is 500. The fraction of sp³-hybridized carbons (Fsp3) is 0.625. The smallest absolute Gasteiger partial charge is 0.0940 e. The van der Waals surface area contributed by atoms with E-state index in [0.29, 0.717) is 29.7 Å². The third kappa shape index (κ3) is 3.54. The summed E-state index contributed by atoms with van der Waals surface area (Å²) < 4.78 is 11.4. The number of halogens is 2. The molecule has 2 aliphatic rings. The molecule has 0 aliphatic carbocycles. The summed E-state index contributed by atoms with van der Waals surface area (Å²) in [7, 11) is 0. The Labute approximate surface area is 135 Å². The molecule has 3 rings (SSSR count). The fourth-order valence-corrected chi connectivity index (χ4v) is 3.82.